The van der Waals surface area contributed by atoms with E-state index in [1.807, 2.05) is 32.9 Å². The maximum Gasteiger partial charge on any atom is 0.150 e. The Labute approximate surface area is 200 Å². The number of hydrogen-bond acceptors (Lipinski definition) is 3. The van der Waals surface area contributed by atoms with E-state index in [1.54, 1.807) is 13.0 Å². The van der Waals surface area contributed by atoms with Gasteiger partial charge in [0.1, 0.15) is 12.0 Å². The Bertz CT molecular complexity index is 633. The lowest BCUT2D eigenvalue weighted by molar-refractivity contribution is -0.104. The monoisotopic (exact) mass is 469 g/mol. The van der Waals surface area contributed by atoms with E-state index in [0.717, 1.165) is 29.8 Å². The number of likely N-dealkylation sites (tertiary alicyclic amines) is 1. The molecule has 1 N–H and O–H groups in total. The number of aromatic hydroxyl groups is 1. The molecule has 0 spiro atoms. The molecule has 0 bridgehead atoms. The minimum Gasteiger partial charge on any atom is -0.506 e. The van der Waals surface area contributed by atoms with Crippen molar-refractivity contribution in [2.24, 2.45) is 5.92 Å². The normalized spacial score (nSPS) is 14.7. The van der Waals surface area contributed by atoms with Gasteiger partial charge < -0.3 is 10.0 Å². The molecule has 1 fully saturated rings. The van der Waals surface area contributed by atoms with Crippen LogP contribution in [0, 0.1) is 12.8 Å². The fourth-order valence-corrected chi connectivity index (χ4v) is 2.91. The van der Waals surface area contributed by atoms with Crippen molar-refractivity contribution >= 4 is 29.5 Å². The summed E-state index contributed by atoms with van der Waals surface area (Å²) < 4.78 is 0. The van der Waals surface area contributed by atoms with Crippen LogP contribution in [0.4, 0.5) is 0 Å². The van der Waals surface area contributed by atoms with E-state index in [9.17, 15) is 4.79 Å². The minimum absolute atomic E-state index is 0.0727. The highest BCUT2D eigenvalue weighted by Crippen LogP contribution is 2.29. The molecule has 0 atom stereocenters. The van der Waals surface area contributed by atoms with Crippen molar-refractivity contribution in [2.75, 3.05) is 20.1 Å². The standard InChI is InChI=1S/C10H14O.C7H6Cl2O.C7H15N.C2H6/c1-4-9(5-2)7-10(6-3)8-11;1-4-2-7(10)6(9)3-5(4)8;1-7-3-5-8(2)6-4-7;1-2/h4,6-8H,3,5H2,1-2H3;2-3,10H,1H3;7H,3-6H2,1-2H3;1-2H3/b9-4-,10-7+;;;. The van der Waals surface area contributed by atoms with Crippen molar-refractivity contribution in [2.45, 2.75) is 60.8 Å². The first-order chi connectivity index (χ1) is 14.7. The molecule has 0 unspecified atom stereocenters. The molecule has 1 aromatic carbocycles. The first-order valence-corrected chi connectivity index (χ1v) is 11.7. The van der Waals surface area contributed by atoms with Gasteiger partial charge in [-0.05, 0) is 82.9 Å². The van der Waals surface area contributed by atoms with Crippen LogP contribution in [0.1, 0.15) is 59.4 Å². The van der Waals surface area contributed by atoms with Crippen LogP contribution in [0.2, 0.25) is 10.0 Å². The molecule has 1 aliphatic heterocycles. The minimum atomic E-state index is 0.0727. The van der Waals surface area contributed by atoms with Gasteiger partial charge in [-0.1, -0.05) is 75.2 Å². The van der Waals surface area contributed by atoms with Crippen LogP contribution in [0.5, 0.6) is 5.75 Å². The number of rotatable bonds is 4. The van der Waals surface area contributed by atoms with Crippen molar-refractivity contribution in [3.05, 3.63) is 63.7 Å². The highest BCUT2D eigenvalue weighted by Gasteiger charge is 2.10. The molecule has 3 nitrogen and oxygen atoms in total. The number of hydrogen-bond donors (Lipinski definition) is 1. The van der Waals surface area contributed by atoms with E-state index in [0.29, 0.717) is 10.6 Å². The highest BCUT2D eigenvalue weighted by molar-refractivity contribution is 6.35. The van der Waals surface area contributed by atoms with E-state index in [4.69, 9.17) is 28.3 Å². The number of aldehydes is 1. The maximum absolute atomic E-state index is 10.3. The molecule has 0 amide bonds. The SMILES string of the molecule is C=C/C(C=O)=C\C(=C/C)CC.CC.CC1CCN(C)CC1.Cc1cc(O)c(Cl)cc1Cl. The third-order valence-corrected chi connectivity index (χ3v) is 5.45. The molecule has 0 radical (unpaired) electrons. The molecule has 5 heteroatoms. The number of phenols is 1. The second-order valence-electron chi connectivity index (χ2n) is 7.22. The second-order valence-corrected chi connectivity index (χ2v) is 8.04. The van der Waals surface area contributed by atoms with E-state index in [1.165, 1.54) is 38.1 Å². The molecule has 31 heavy (non-hydrogen) atoms. The van der Waals surface area contributed by atoms with Crippen molar-refractivity contribution in [1.82, 2.24) is 4.90 Å². The lowest BCUT2D eigenvalue weighted by Crippen LogP contribution is -2.28. The van der Waals surface area contributed by atoms with E-state index < -0.39 is 0 Å². The summed E-state index contributed by atoms with van der Waals surface area (Å²) in [5.74, 6) is 1.05. The summed E-state index contributed by atoms with van der Waals surface area (Å²) in [6.07, 6.45) is 9.96. The Morgan fingerprint density at radius 1 is 1.23 bits per heavy atom. The first-order valence-electron chi connectivity index (χ1n) is 11.0. The van der Waals surface area contributed by atoms with Crippen molar-refractivity contribution < 1.29 is 9.90 Å². The molecule has 176 valence electrons. The van der Waals surface area contributed by atoms with Gasteiger partial charge in [0.15, 0.2) is 0 Å². The van der Waals surface area contributed by atoms with Crippen molar-refractivity contribution in [1.29, 1.82) is 0 Å². The Morgan fingerprint density at radius 3 is 2.13 bits per heavy atom. The number of phenolic OH excluding ortho intramolecular Hbond substituents is 1. The van der Waals surface area contributed by atoms with Crippen LogP contribution in [-0.2, 0) is 4.79 Å². The average molecular weight is 471 g/mol. The summed E-state index contributed by atoms with van der Waals surface area (Å²) in [6, 6.07) is 3.05. The molecule has 1 aliphatic rings. The maximum atomic E-state index is 10.3. The lowest BCUT2D eigenvalue weighted by Gasteiger charge is -2.26. The van der Waals surface area contributed by atoms with Crippen LogP contribution in [-0.4, -0.2) is 36.4 Å². The van der Waals surface area contributed by atoms with Gasteiger partial charge in [-0.25, -0.2) is 0 Å². The zero-order chi connectivity index (χ0) is 24.4. The summed E-state index contributed by atoms with van der Waals surface area (Å²) >= 11 is 11.2. The predicted octanol–water partition coefficient (Wildman–Crippen LogP) is 8.04. The number of halogens is 2. The molecule has 2 rings (SSSR count). The van der Waals surface area contributed by atoms with Gasteiger partial charge in [0.2, 0.25) is 0 Å². The van der Waals surface area contributed by atoms with Gasteiger partial charge in [-0.2, -0.15) is 0 Å². The van der Waals surface area contributed by atoms with Crippen LogP contribution in [0.3, 0.4) is 0 Å². The zero-order valence-corrected chi connectivity index (χ0v) is 21.9. The number of allylic oxidation sites excluding steroid dienone is 5. The van der Waals surface area contributed by atoms with Gasteiger partial charge in [-0.15, -0.1) is 0 Å². The summed E-state index contributed by atoms with van der Waals surface area (Å²) in [5, 5.41) is 9.89. The zero-order valence-electron chi connectivity index (χ0n) is 20.3. The number of benzene rings is 1. The molecule has 0 aliphatic carbocycles. The summed E-state index contributed by atoms with van der Waals surface area (Å²) in [4.78, 5) is 12.7. The lowest BCUT2D eigenvalue weighted by atomic mass is 10.00. The number of nitrogens with zero attached hydrogens (tertiary/aromatic N) is 1. The molecular weight excluding hydrogens is 429 g/mol. The number of aryl methyl sites for hydroxylation is 1. The van der Waals surface area contributed by atoms with Gasteiger partial charge in [0, 0.05) is 10.6 Å². The fourth-order valence-electron chi connectivity index (χ4n) is 2.52. The predicted molar refractivity (Wildman–Crippen MR) is 138 cm³/mol. The van der Waals surface area contributed by atoms with Crippen LogP contribution >= 0.6 is 23.2 Å². The Balaban J connectivity index is 0. The van der Waals surface area contributed by atoms with E-state index in [2.05, 4.69) is 32.4 Å². The van der Waals surface area contributed by atoms with Crippen LogP contribution in [0.25, 0.3) is 0 Å². The molecule has 1 aromatic rings. The molecular formula is C26H41Cl2NO2. The number of piperidine rings is 1. The van der Waals surface area contributed by atoms with Crippen LogP contribution < -0.4 is 0 Å². The largest absolute Gasteiger partial charge is 0.506 e. The fraction of sp³-hybridized carbons (Fsp3) is 0.500. The molecule has 1 saturated heterocycles. The summed E-state index contributed by atoms with van der Waals surface area (Å²) in [7, 11) is 2.20. The Kier molecular flexibility index (Phi) is 19.6. The van der Waals surface area contributed by atoms with E-state index >= 15 is 0 Å². The topological polar surface area (TPSA) is 40.5 Å². The van der Waals surface area contributed by atoms with Gasteiger partial charge in [-0.3, -0.25) is 4.79 Å². The first kappa shape index (κ1) is 31.6. The molecule has 0 aromatic heterocycles. The van der Waals surface area contributed by atoms with Crippen LogP contribution in [0.15, 0.2) is 48.1 Å². The van der Waals surface area contributed by atoms with Crippen molar-refractivity contribution in [3.63, 3.8) is 0 Å². The van der Waals surface area contributed by atoms with E-state index in [-0.39, 0.29) is 10.8 Å². The second kappa shape index (κ2) is 19.2. The highest BCUT2D eigenvalue weighted by atomic mass is 35.5. The number of carbonyl (C=O) groups is 1. The smallest absolute Gasteiger partial charge is 0.150 e. The quantitative estimate of drug-likeness (QED) is 0.275. The van der Waals surface area contributed by atoms with Crippen molar-refractivity contribution in [3.8, 4) is 5.75 Å². The Hall–Kier alpha value is -1.55. The summed E-state index contributed by atoms with van der Waals surface area (Å²) in [6.45, 7) is 18.3. The van der Waals surface area contributed by atoms with Gasteiger partial charge in [0.05, 0.1) is 5.02 Å². The molecule has 0 saturated carbocycles. The molecule has 1 heterocycles. The average Bonchev–Trinajstić information content (AvgIpc) is 2.78. The summed E-state index contributed by atoms with van der Waals surface area (Å²) in [5.41, 5.74) is 2.62. The number of carbonyl (C=O) groups excluding carboxylic acids is 1. The third-order valence-electron chi connectivity index (χ3n) is 4.74. The Morgan fingerprint density at radius 2 is 1.77 bits per heavy atom. The van der Waals surface area contributed by atoms with Gasteiger partial charge in [0.25, 0.3) is 0 Å². The van der Waals surface area contributed by atoms with Gasteiger partial charge >= 0.3 is 0 Å². The third kappa shape index (κ3) is 15.0.